The van der Waals surface area contributed by atoms with Gasteiger partial charge >= 0.3 is 0 Å². The predicted molar refractivity (Wildman–Crippen MR) is 66.0 cm³/mol. The van der Waals surface area contributed by atoms with Gasteiger partial charge in [0, 0.05) is 0 Å². The zero-order valence-electron chi connectivity index (χ0n) is 11.2. The first kappa shape index (κ1) is 14.0. The molecule has 0 heterocycles. The summed E-state index contributed by atoms with van der Waals surface area (Å²) in [5, 5.41) is 0. The third-order valence-corrected chi connectivity index (χ3v) is 3.07. The molecule has 86 valence electrons. The lowest BCUT2D eigenvalue weighted by Crippen LogP contribution is -2.22. The first-order valence-electron chi connectivity index (χ1n) is 5.87. The summed E-state index contributed by atoms with van der Waals surface area (Å²) in [6.07, 6.45) is 3.83. The molecule has 0 bridgehead atoms. The molecule has 0 radical (unpaired) electrons. The van der Waals surface area contributed by atoms with Gasteiger partial charge < -0.3 is 11.8 Å². The third kappa shape index (κ3) is 5.67. The number of hydrogen-bond donors (Lipinski definition) is 0. The Balaban J connectivity index is 4.00. The fourth-order valence-corrected chi connectivity index (χ4v) is 1.97. The third-order valence-electron chi connectivity index (χ3n) is 3.07. The summed E-state index contributed by atoms with van der Waals surface area (Å²) in [5.41, 5.74) is 0.420. The van der Waals surface area contributed by atoms with Crippen LogP contribution in [0.3, 0.4) is 0 Å². The molecule has 0 nitrogen and oxygen atoms in total. The Morgan fingerprint density at radius 3 is 1.86 bits per heavy atom. The molecule has 0 saturated carbocycles. The smallest absolute Gasteiger partial charge is 0.0491 e. The van der Waals surface area contributed by atoms with Crippen LogP contribution in [0.1, 0.15) is 67.7 Å². The monoisotopic (exact) mass is 196 g/mol. The van der Waals surface area contributed by atoms with Gasteiger partial charge in [-0.25, -0.2) is 12.8 Å². The highest BCUT2D eigenvalue weighted by Crippen LogP contribution is 2.38. The lowest BCUT2D eigenvalue weighted by Gasteiger charge is -2.47. The Kier molecular flexibility index (Phi) is 5.78. The molecule has 0 aromatic heterocycles. The Labute approximate surface area is 91.5 Å². The molecule has 0 aromatic carbocycles. The van der Waals surface area contributed by atoms with Crippen molar-refractivity contribution < 1.29 is 0 Å². The lowest BCUT2D eigenvalue weighted by molar-refractivity contribution is 0.291. The van der Waals surface area contributed by atoms with Crippen molar-refractivity contribution in [2.24, 2.45) is 11.3 Å². The van der Waals surface area contributed by atoms with Crippen molar-refractivity contribution in [1.82, 2.24) is 0 Å². The van der Waals surface area contributed by atoms with Gasteiger partial charge in [0.2, 0.25) is 0 Å². The summed E-state index contributed by atoms with van der Waals surface area (Å²) < 4.78 is 0. The molecule has 0 rings (SSSR count). The van der Waals surface area contributed by atoms with Crippen LogP contribution in [0.15, 0.2) is 0 Å². The Morgan fingerprint density at radius 2 is 1.50 bits per heavy atom. The molecule has 0 fully saturated rings. The molecular weight excluding hydrogens is 168 g/mol. The molecule has 0 N–H and O–H groups in total. The molecule has 0 unspecified atom stereocenters. The maximum absolute atomic E-state index is 2.38. The summed E-state index contributed by atoms with van der Waals surface area (Å²) in [7, 11) is 0. The molecule has 0 amide bonds. The van der Waals surface area contributed by atoms with Crippen molar-refractivity contribution in [3.8, 4) is 0 Å². The predicted octanol–water partition coefficient (Wildman–Crippen LogP) is 5.05. The molecule has 0 heteroatoms. The Morgan fingerprint density at radius 1 is 1.00 bits per heavy atom. The summed E-state index contributed by atoms with van der Waals surface area (Å²) in [5.74, 6) is 4.00. The summed E-state index contributed by atoms with van der Waals surface area (Å²) in [6, 6.07) is 0. The molecule has 0 aliphatic heterocycles. The van der Waals surface area contributed by atoms with Crippen LogP contribution in [0, 0.1) is 23.2 Å². The molecule has 14 heavy (non-hydrogen) atoms. The molecule has 0 aromatic rings. The van der Waals surface area contributed by atoms with E-state index >= 15 is 0 Å². The quantitative estimate of drug-likeness (QED) is 0.522. The highest BCUT2D eigenvalue weighted by atomic mass is 14.3. The van der Waals surface area contributed by atoms with Gasteiger partial charge in [0.25, 0.3) is 0 Å². The van der Waals surface area contributed by atoms with Crippen molar-refractivity contribution in [3.63, 3.8) is 0 Å². The maximum atomic E-state index is 2.38. The van der Waals surface area contributed by atoms with Gasteiger partial charge in [-0.05, 0) is 5.92 Å². The second-order valence-electron chi connectivity index (χ2n) is 5.97. The van der Waals surface area contributed by atoms with E-state index in [4.69, 9.17) is 0 Å². The van der Waals surface area contributed by atoms with Crippen LogP contribution in [0.2, 0.25) is 0 Å². The van der Waals surface area contributed by atoms with Gasteiger partial charge in [-0.2, -0.15) is 26.2 Å². The lowest BCUT2D eigenvalue weighted by atomic mass is 9.72. The normalized spacial score (nSPS) is 13.3. The van der Waals surface area contributed by atoms with Crippen molar-refractivity contribution in [3.05, 3.63) is 11.8 Å². The molecule has 0 saturated heterocycles. The van der Waals surface area contributed by atoms with Crippen LogP contribution in [0.4, 0.5) is 0 Å². The van der Waals surface area contributed by atoms with Crippen molar-refractivity contribution in [1.29, 1.82) is 0 Å². The molecule has 0 aliphatic carbocycles. The SMILES string of the molecule is C[C-](C)CC[C-](C)C(C)(C)CC(C)C. The van der Waals surface area contributed by atoms with E-state index in [-0.39, 0.29) is 0 Å². The topological polar surface area (TPSA) is 0 Å². The Hall–Kier alpha value is 0. The van der Waals surface area contributed by atoms with E-state index in [1.165, 1.54) is 19.3 Å². The fourth-order valence-electron chi connectivity index (χ4n) is 1.97. The highest BCUT2D eigenvalue weighted by Gasteiger charge is 2.14. The van der Waals surface area contributed by atoms with Crippen LogP contribution in [0.25, 0.3) is 0 Å². The molecule has 0 spiro atoms. The van der Waals surface area contributed by atoms with Gasteiger partial charge in [-0.15, -0.1) is 0 Å². The van der Waals surface area contributed by atoms with Crippen LogP contribution < -0.4 is 0 Å². The zero-order chi connectivity index (χ0) is 11.4. The molecule has 0 atom stereocenters. The second-order valence-corrected chi connectivity index (χ2v) is 5.97. The molecule has 0 aliphatic rings. The van der Waals surface area contributed by atoms with Gasteiger partial charge in [0.15, 0.2) is 0 Å². The molecular formula is C14H28-2. The second kappa shape index (κ2) is 5.78. The van der Waals surface area contributed by atoms with Crippen molar-refractivity contribution in [2.45, 2.75) is 67.7 Å². The summed E-state index contributed by atoms with van der Waals surface area (Å²) in [4.78, 5) is 0. The van der Waals surface area contributed by atoms with E-state index in [0.29, 0.717) is 5.41 Å². The van der Waals surface area contributed by atoms with E-state index in [1.54, 1.807) is 11.8 Å². The van der Waals surface area contributed by atoms with Gasteiger partial charge in [-0.3, -0.25) is 0 Å². The first-order chi connectivity index (χ1) is 6.25. The minimum atomic E-state index is 0.420. The average Bonchev–Trinajstić information content (AvgIpc) is 1.97. The van der Waals surface area contributed by atoms with Gasteiger partial charge in [0.1, 0.15) is 0 Å². The minimum Gasteiger partial charge on any atom is -0.322 e. The number of hydrogen-bond acceptors (Lipinski definition) is 0. The summed E-state index contributed by atoms with van der Waals surface area (Å²) in [6.45, 7) is 16.2. The van der Waals surface area contributed by atoms with Crippen LogP contribution in [-0.2, 0) is 0 Å². The van der Waals surface area contributed by atoms with Crippen LogP contribution >= 0.6 is 0 Å². The van der Waals surface area contributed by atoms with E-state index in [2.05, 4.69) is 48.5 Å². The fraction of sp³-hybridized carbons (Fsp3) is 0.857. The summed E-state index contributed by atoms with van der Waals surface area (Å²) >= 11 is 0. The van der Waals surface area contributed by atoms with E-state index in [1.807, 2.05) is 0 Å². The standard InChI is InChI=1S/C14H28/c1-11(2)8-9-13(5)14(6,7)10-12(3)4/h12H,8-10H2,1-7H3/q-2. The van der Waals surface area contributed by atoms with E-state index < -0.39 is 0 Å². The Bertz CT molecular complexity index is 142. The average molecular weight is 196 g/mol. The largest absolute Gasteiger partial charge is 0.322 e. The van der Waals surface area contributed by atoms with Gasteiger partial charge in [0.05, 0.1) is 0 Å². The highest BCUT2D eigenvalue weighted by molar-refractivity contribution is 5.01. The van der Waals surface area contributed by atoms with Crippen molar-refractivity contribution >= 4 is 0 Å². The minimum absolute atomic E-state index is 0.420. The van der Waals surface area contributed by atoms with E-state index in [0.717, 1.165) is 5.92 Å². The zero-order valence-corrected chi connectivity index (χ0v) is 11.2. The van der Waals surface area contributed by atoms with Gasteiger partial charge in [-0.1, -0.05) is 34.1 Å². The van der Waals surface area contributed by atoms with Crippen LogP contribution in [0.5, 0.6) is 0 Å². The number of rotatable bonds is 6. The van der Waals surface area contributed by atoms with E-state index in [9.17, 15) is 0 Å². The van der Waals surface area contributed by atoms with Crippen LogP contribution in [-0.4, -0.2) is 0 Å². The van der Waals surface area contributed by atoms with Crippen molar-refractivity contribution in [2.75, 3.05) is 0 Å². The maximum Gasteiger partial charge on any atom is -0.0491 e. The first-order valence-corrected chi connectivity index (χ1v) is 5.87.